The van der Waals surface area contributed by atoms with Gasteiger partial charge in [-0.2, -0.15) is 0 Å². The molecule has 29 heavy (non-hydrogen) atoms. The SMILES string of the molecule is CCN(c1ncnc(N2CCC(C(=O)O)CC2)c1N)c1cccc2ccccc12. The van der Waals surface area contributed by atoms with Gasteiger partial charge in [0.25, 0.3) is 0 Å². The van der Waals surface area contributed by atoms with Gasteiger partial charge in [0.15, 0.2) is 11.6 Å². The van der Waals surface area contributed by atoms with E-state index < -0.39 is 5.97 Å². The zero-order valence-corrected chi connectivity index (χ0v) is 16.5. The summed E-state index contributed by atoms with van der Waals surface area (Å²) in [5.74, 6) is 0.331. The molecule has 3 N–H and O–H groups in total. The van der Waals surface area contributed by atoms with Gasteiger partial charge in [-0.1, -0.05) is 36.4 Å². The quantitative estimate of drug-likeness (QED) is 0.685. The van der Waals surface area contributed by atoms with Gasteiger partial charge in [0, 0.05) is 25.0 Å². The molecule has 7 nitrogen and oxygen atoms in total. The van der Waals surface area contributed by atoms with Gasteiger partial charge in [-0.15, -0.1) is 0 Å². The molecule has 2 aromatic carbocycles. The van der Waals surface area contributed by atoms with Crippen molar-refractivity contribution in [2.45, 2.75) is 19.8 Å². The Hall–Kier alpha value is -3.35. The highest BCUT2D eigenvalue weighted by atomic mass is 16.4. The average Bonchev–Trinajstić information content (AvgIpc) is 2.75. The number of aromatic nitrogens is 2. The van der Waals surface area contributed by atoms with Crippen molar-refractivity contribution < 1.29 is 9.90 Å². The van der Waals surface area contributed by atoms with Crippen molar-refractivity contribution in [1.29, 1.82) is 0 Å². The van der Waals surface area contributed by atoms with Crippen LogP contribution >= 0.6 is 0 Å². The van der Waals surface area contributed by atoms with Crippen LogP contribution in [-0.4, -0.2) is 40.7 Å². The first-order chi connectivity index (χ1) is 14.1. The largest absolute Gasteiger partial charge is 0.481 e. The number of carboxylic acids is 1. The highest BCUT2D eigenvalue weighted by molar-refractivity contribution is 5.97. The van der Waals surface area contributed by atoms with Gasteiger partial charge in [-0.25, -0.2) is 9.97 Å². The van der Waals surface area contributed by atoms with E-state index >= 15 is 0 Å². The first-order valence-corrected chi connectivity index (χ1v) is 9.93. The molecule has 0 unspecified atom stereocenters. The van der Waals surface area contributed by atoms with E-state index in [0.29, 0.717) is 49.8 Å². The maximum Gasteiger partial charge on any atom is 0.306 e. The summed E-state index contributed by atoms with van der Waals surface area (Å²) >= 11 is 0. The molecule has 1 aliphatic heterocycles. The minimum Gasteiger partial charge on any atom is -0.481 e. The first-order valence-electron chi connectivity index (χ1n) is 9.93. The molecule has 2 heterocycles. The predicted molar refractivity (Wildman–Crippen MR) is 116 cm³/mol. The number of carbonyl (C=O) groups is 1. The number of aliphatic carboxylic acids is 1. The normalized spacial score (nSPS) is 14.9. The summed E-state index contributed by atoms with van der Waals surface area (Å²) in [5, 5.41) is 11.5. The fourth-order valence-corrected chi connectivity index (χ4v) is 4.06. The molecule has 0 atom stereocenters. The van der Waals surface area contributed by atoms with Crippen molar-refractivity contribution in [3.05, 3.63) is 48.8 Å². The van der Waals surface area contributed by atoms with Crippen molar-refractivity contribution in [2.75, 3.05) is 35.2 Å². The molecule has 4 rings (SSSR count). The summed E-state index contributed by atoms with van der Waals surface area (Å²) in [6.07, 6.45) is 2.72. The second kappa shape index (κ2) is 7.95. The summed E-state index contributed by atoms with van der Waals surface area (Å²) in [5.41, 5.74) is 8.11. The topological polar surface area (TPSA) is 95.6 Å². The minimum absolute atomic E-state index is 0.295. The second-order valence-electron chi connectivity index (χ2n) is 7.28. The monoisotopic (exact) mass is 391 g/mol. The van der Waals surface area contributed by atoms with Crippen molar-refractivity contribution in [1.82, 2.24) is 9.97 Å². The Kier molecular flexibility index (Phi) is 5.20. The molecule has 7 heteroatoms. The molecule has 0 aliphatic carbocycles. The molecule has 0 amide bonds. The molecular formula is C22H25N5O2. The van der Waals surface area contributed by atoms with Crippen LogP contribution in [0.4, 0.5) is 23.0 Å². The number of hydrogen-bond acceptors (Lipinski definition) is 6. The third-order valence-electron chi connectivity index (χ3n) is 5.61. The van der Waals surface area contributed by atoms with E-state index in [-0.39, 0.29) is 5.92 Å². The third-order valence-corrected chi connectivity index (χ3v) is 5.61. The number of carboxylic acid groups (broad SMARTS) is 1. The molecular weight excluding hydrogens is 366 g/mol. The van der Waals surface area contributed by atoms with Crippen LogP contribution in [0.25, 0.3) is 10.8 Å². The van der Waals surface area contributed by atoms with Crippen LogP contribution in [0.3, 0.4) is 0 Å². The van der Waals surface area contributed by atoms with Crippen LogP contribution in [0.5, 0.6) is 0 Å². The molecule has 3 aromatic rings. The van der Waals surface area contributed by atoms with E-state index in [0.717, 1.165) is 16.5 Å². The molecule has 1 saturated heterocycles. The number of benzene rings is 2. The minimum atomic E-state index is -0.728. The highest BCUT2D eigenvalue weighted by Crippen LogP contribution is 2.37. The molecule has 0 radical (unpaired) electrons. The van der Waals surface area contributed by atoms with E-state index in [2.05, 4.69) is 51.0 Å². The molecule has 1 aliphatic rings. The number of fused-ring (bicyclic) bond motifs is 1. The third kappa shape index (κ3) is 3.55. The van der Waals surface area contributed by atoms with Crippen LogP contribution in [0, 0.1) is 5.92 Å². The van der Waals surface area contributed by atoms with Gasteiger partial charge in [-0.3, -0.25) is 4.79 Å². The Bertz CT molecular complexity index is 1030. The molecule has 0 saturated carbocycles. The summed E-state index contributed by atoms with van der Waals surface area (Å²) in [7, 11) is 0. The lowest BCUT2D eigenvalue weighted by molar-refractivity contribution is -0.142. The highest BCUT2D eigenvalue weighted by Gasteiger charge is 2.27. The van der Waals surface area contributed by atoms with Gasteiger partial charge >= 0.3 is 5.97 Å². The van der Waals surface area contributed by atoms with Crippen molar-refractivity contribution >= 4 is 39.8 Å². The van der Waals surface area contributed by atoms with E-state index in [1.807, 2.05) is 18.2 Å². The fraction of sp³-hybridized carbons (Fsp3) is 0.318. The van der Waals surface area contributed by atoms with Gasteiger partial charge in [0.1, 0.15) is 12.0 Å². The smallest absolute Gasteiger partial charge is 0.306 e. The standard InChI is InChI=1S/C22H25N5O2/c1-2-27(18-9-5-7-15-6-3-4-8-17(15)18)21-19(23)20(24-14-25-21)26-12-10-16(11-13-26)22(28)29/h3-9,14,16H,2,10-13,23H2,1H3,(H,28,29). The van der Waals surface area contributed by atoms with Crippen LogP contribution in [0.15, 0.2) is 48.8 Å². The lowest BCUT2D eigenvalue weighted by Gasteiger charge is -2.33. The van der Waals surface area contributed by atoms with Gasteiger partial charge in [0.05, 0.1) is 11.6 Å². The zero-order valence-electron chi connectivity index (χ0n) is 16.5. The van der Waals surface area contributed by atoms with Gasteiger partial charge < -0.3 is 20.6 Å². The molecule has 0 spiro atoms. The van der Waals surface area contributed by atoms with Gasteiger partial charge in [-0.05, 0) is 31.2 Å². The number of hydrogen-bond donors (Lipinski definition) is 2. The number of rotatable bonds is 5. The summed E-state index contributed by atoms with van der Waals surface area (Å²) in [6.45, 7) is 4.02. The molecule has 1 aromatic heterocycles. The molecule has 150 valence electrons. The summed E-state index contributed by atoms with van der Waals surface area (Å²) in [4.78, 5) is 24.3. The van der Waals surface area contributed by atoms with Crippen molar-refractivity contribution in [3.63, 3.8) is 0 Å². The van der Waals surface area contributed by atoms with E-state index in [9.17, 15) is 9.90 Å². The van der Waals surface area contributed by atoms with E-state index in [4.69, 9.17) is 5.73 Å². The Labute approximate surface area is 169 Å². The lowest BCUT2D eigenvalue weighted by atomic mass is 9.97. The molecule has 1 fully saturated rings. The zero-order chi connectivity index (χ0) is 20.4. The van der Waals surface area contributed by atoms with E-state index in [1.165, 1.54) is 6.33 Å². The van der Waals surface area contributed by atoms with Crippen LogP contribution in [-0.2, 0) is 4.79 Å². The van der Waals surface area contributed by atoms with Crippen LogP contribution in [0.2, 0.25) is 0 Å². The van der Waals surface area contributed by atoms with Crippen molar-refractivity contribution in [2.24, 2.45) is 5.92 Å². The maximum absolute atomic E-state index is 11.2. The number of anilines is 4. The number of nitrogen functional groups attached to an aromatic ring is 1. The van der Waals surface area contributed by atoms with Gasteiger partial charge in [0.2, 0.25) is 0 Å². The number of nitrogens with two attached hydrogens (primary N) is 1. The number of nitrogens with zero attached hydrogens (tertiary/aromatic N) is 4. The average molecular weight is 391 g/mol. The number of piperidine rings is 1. The second-order valence-corrected chi connectivity index (χ2v) is 7.28. The lowest BCUT2D eigenvalue weighted by Crippen LogP contribution is -2.37. The van der Waals surface area contributed by atoms with Crippen molar-refractivity contribution in [3.8, 4) is 0 Å². The van der Waals surface area contributed by atoms with Crippen LogP contribution in [0.1, 0.15) is 19.8 Å². The van der Waals surface area contributed by atoms with Crippen LogP contribution < -0.4 is 15.5 Å². The summed E-state index contributed by atoms with van der Waals surface area (Å²) < 4.78 is 0. The molecule has 0 bridgehead atoms. The Morgan fingerprint density at radius 3 is 2.62 bits per heavy atom. The Balaban J connectivity index is 1.69. The Morgan fingerprint density at radius 2 is 1.90 bits per heavy atom. The summed E-state index contributed by atoms with van der Waals surface area (Å²) in [6, 6.07) is 14.5. The fourth-order valence-electron chi connectivity index (χ4n) is 4.06. The van der Waals surface area contributed by atoms with E-state index in [1.54, 1.807) is 0 Å². The Morgan fingerprint density at radius 1 is 1.17 bits per heavy atom. The maximum atomic E-state index is 11.2. The first kappa shape index (κ1) is 19.0. The predicted octanol–water partition coefficient (Wildman–Crippen LogP) is 3.67.